The van der Waals surface area contributed by atoms with Gasteiger partial charge in [0.2, 0.25) is 0 Å². The number of hydrogen-bond acceptors (Lipinski definition) is 2. The first-order valence-corrected chi connectivity index (χ1v) is 33.2. The van der Waals surface area contributed by atoms with Crippen LogP contribution in [0, 0.1) is 0 Å². The molecule has 4 heteroatoms. The van der Waals surface area contributed by atoms with Crippen molar-refractivity contribution >= 4 is 111 Å². The number of aromatic nitrogens is 1. The molecule has 94 heavy (non-hydrogen) atoms. The van der Waals surface area contributed by atoms with E-state index in [1.54, 1.807) is 0 Å². The normalized spacial score (nSPS) is 14.5. The molecule has 0 radical (unpaired) electrons. The van der Waals surface area contributed by atoms with Crippen LogP contribution in [0.25, 0.3) is 127 Å². The maximum atomic E-state index is 2.66. The van der Waals surface area contributed by atoms with Crippen LogP contribution < -0.4 is 26.2 Å². The summed E-state index contributed by atoms with van der Waals surface area (Å²) in [5, 5.41) is 10.1. The fourth-order valence-corrected chi connectivity index (χ4v) is 18.0. The number of anilines is 6. The SMILES string of the molecule is CC1(C)c2ccccc2-c2ccc(N3c4ccc(-c5ccc6ccccc6c5)cc4B4c5cc6c(cc5N(c5ccc(-c7ccc8ccccc8c7)cc5)c5cc(-n7c8cccc9c8c8c%10c(cccc%10ccc87)-c7ccccc7-9)cc3c54)C(C)(C)c3ccccc3-6)cc21. The van der Waals surface area contributed by atoms with E-state index in [4.69, 9.17) is 0 Å². The Balaban J connectivity index is 0.896. The number of nitrogens with zero attached hydrogens (tertiary/aromatic N) is 3. The molecular weight excluding hydrogens is 1130 g/mol. The van der Waals surface area contributed by atoms with Gasteiger partial charge in [-0.2, -0.15) is 0 Å². The topological polar surface area (TPSA) is 11.4 Å². The third-order valence-electron chi connectivity index (χ3n) is 22.4. The number of rotatable bonds is 5. The van der Waals surface area contributed by atoms with Crippen LogP contribution in [0.1, 0.15) is 49.9 Å². The number of fused-ring (bicyclic) bond motifs is 15. The van der Waals surface area contributed by atoms with E-state index < -0.39 is 0 Å². The summed E-state index contributed by atoms with van der Waals surface area (Å²) in [6.07, 6.45) is 0. The average Bonchev–Trinajstić information content (AvgIpc) is 1.18. The maximum absolute atomic E-state index is 2.66. The van der Waals surface area contributed by atoms with E-state index >= 15 is 0 Å². The summed E-state index contributed by atoms with van der Waals surface area (Å²) in [7, 11) is 0. The lowest BCUT2D eigenvalue weighted by Gasteiger charge is -2.45. The van der Waals surface area contributed by atoms with Crippen LogP contribution in [0.3, 0.4) is 0 Å². The molecule has 21 rings (SSSR count). The number of hydrogen-bond donors (Lipinski definition) is 0. The summed E-state index contributed by atoms with van der Waals surface area (Å²) >= 11 is 0. The molecule has 3 aliphatic carbocycles. The average molecular weight is 1190 g/mol. The Hall–Kier alpha value is -11.5. The van der Waals surface area contributed by atoms with Crippen LogP contribution in [0.15, 0.2) is 291 Å². The van der Waals surface area contributed by atoms with Crippen molar-refractivity contribution in [3.8, 4) is 72.4 Å². The maximum Gasteiger partial charge on any atom is 0.252 e. The fraction of sp³-hybridized carbons (Fsp3) is 0.0667. The Kier molecular flexibility index (Phi) is 10.3. The molecule has 0 atom stereocenters. The van der Waals surface area contributed by atoms with Gasteiger partial charge in [0.05, 0.1) is 16.7 Å². The zero-order valence-corrected chi connectivity index (χ0v) is 52.6. The Bertz CT molecular complexity index is 6080. The highest BCUT2D eigenvalue weighted by Crippen LogP contribution is 2.56. The van der Waals surface area contributed by atoms with Crippen molar-refractivity contribution in [3.63, 3.8) is 0 Å². The monoisotopic (exact) mass is 1190 g/mol. The molecule has 16 aromatic rings. The second-order valence-electron chi connectivity index (χ2n) is 27.9. The van der Waals surface area contributed by atoms with Gasteiger partial charge in [-0.3, -0.25) is 0 Å². The first-order valence-electron chi connectivity index (χ1n) is 33.2. The first-order chi connectivity index (χ1) is 46.1. The van der Waals surface area contributed by atoms with Gasteiger partial charge >= 0.3 is 0 Å². The van der Waals surface area contributed by atoms with Gasteiger partial charge in [0.25, 0.3) is 6.71 Å². The van der Waals surface area contributed by atoms with E-state index in [1.165, 1.54) is 182 Å². The second kappa shape index (κ2) is 18.6. The van der Waals surface area contributed by atoms with Gasteiger partial charge in [-0.15, -0.1) is 0 Å². The van der Waals surface area contributed by atoms with Crippen molar-refractivity contribution in [3.05, 3.63) is 313 Å². The van der Waals surface area contributed by atoms with Crippen molar-refractivity contribution in [1.29, 1.82) is 0 Å². The highest BCUT2D eigenvalue weighted by atomic mass is 15.2. The van der Waals surface area contributed by atoms with E-state index in [0.29, 0.717) is 0 Å². The smallest absolute Gasteiger partial charge is 0.252 e. The van der Waals surface area contributed by atoms with Gasteiger partial charge in [-0.1, -0.05) is 246 Å². The summed E-state index contributed by atoms with van der Waals surface area (Å²) in [5.41, 5.74) is 34.4. The minimum Gasteiger partial charge on any atom is -0.311 e. The predicted octanol–water partition coefficient (Wildman–Crippen LogP) is 21.9. The zero-order chi connectivity index (χ0) is 62.0. The molecule has 0 saturated heterocycles. The molecule has 3 nitrogen and oxygen atoms in total. The molecule has 0 spiro atoms. The third kappa shape index (κ3) is 6.96. The molecule has 1 aromatic heterocycles. The van der Waals surface area contributed by atoms with Crippen LogP contribution in [0.4, 0.5) is 34.1 Å². The standard InChI is InChI=1S/C90H60BN3/c1-89(2)73-28-13-11-24-67(73)69-42-41-63(48-75(69)89)93-79-43-38-61(60-34-32-54-18-6-8-20-58(54)46-60)47-77(79)91-78-51-72-68-25-12-14-29-74(68)90(3,4)76(72)52-82(78)92(62-39-35-55(36-40-62)59-33-31-53-17-5-7-19-57(53)45-59)83-49-64(50-84(93)88(83)91)94-80-30-16-27-71-66-23-10-9-22-65(66)70-26-15-21-56-37-44-81(94)87(85(56)70)86(71)80/h5-52H,1-4H3. The van der Waals surface area contributed by atoms with Gasteiger partial charge in [-0.05, 0) is 211 Å². The van der Waals surface area contributed by atoms with Crippen LogP contribution in [0.5, 0.6) is 0 Å². The molecule has 3 heterocycles. The third-order valence-corrected chi connectivity index (χ3v) is 22.4. The van der Waals surface area contributed by atoms with Crippen LogP contribution in [0.2, 0.25) is 0 Å². The Morgan fingerprint density at radius 2 is 0.734 bits per heavy atom. The molecule has 0 bridgehead atoms. The quantitative estimate of drug-likeness (QED) is 0.159. The largest absolute Gasteiger partial charge is 0.311 e. The molecule has 0 saturated carbocycles. The number of benzene rings is 15. The first kappa shape index (κ1) is 52.2. The van der Waals surface area contributed by atoms with E-state index in [2.05, 4.69) is 333 Å². The van der Waals surface area contributed by atoms with Gasteiger partial charge in [0.1, 0.15) is 0 Å². The van der Waals surface area contributed by atoms with Crippen molar-refractivity contribution in [2.75, 3.05) is 9.80 Å². The van der Waals surface area contributed by atoms with Crippen LogP contribution in [-0.4, -0.2) is 11.3 Å². The predicted molar refractivity (Wildman–Crippen MR) is 398 cm³/mol. The molecule has 0 unspecified atom stereocenters. The summed E-state index contributed by atoms with van der Waals surface area (Å²) in [6, 6.07) is 112. The molecular formula is C90H60BN3. The summed E-state index contributed by atoms with van der Waals surface area (Å²) in [4.78, 5) is 5.31. The van der Waals surface area contributed by atoms with E-state index in [-0.39, 0.29) is 17.5 Å². The molecule has 2 aliphatic heterocycles. The fourth-order valence-electron chi connectivity index (χ4n) is 18.0. The van der Waals surface area contributed by atoms with E-state index in [1.807, 2.05) is 0 Å². The Morgan fingerprint density at radius 1 is 0.255 bits per heavy atom. The van der Waals surface area contributed by atoms with Crippen molar-refractivity contribution in [2.45, 2.75) is 38.5 Å². The van der Waals surface area contributed by atoms with E-state index in [0.717, 1.165) is 17.1 Å². The Morgan fingerprint density at radius 3 is 1.43 bits per heavy atom. The van der Waals surface area contributed by atoms with Gasteiger partial charge in [0.15, 0.2) is 0 Å². The van der Waals surface area contributed by atoms with Gasteiger partial charge < -0.3 is 14.4 Å². The van der Waals surface area contributed by atoms with Crippen LogP contribution in [-0.2, 0) is 10.8 Å². The highest BCUT2D eigenvalue weighted by molar-refractivity contribution is 7.00. The van der Waals surface area contributed by atoms with Crippen molar-refractivity contribution in [1.82, 2.24) is 4.57 Å². The lowest BCUT2D eigenvalue weighted by molar-refractivity contribution is 0.660. The molecule has 0 amide bonds. The minimum atomic E-state index is -0.253. The van der Waals surface area contributed by atoms with Gasteiger partial charge in [-0.25, -0.2) is 0 Å². The molecule has 438 valence electrons. The highest BCUT2D eigenvalue weighted by Gasteiger charge is 2.47. The summed E-state index contributed by atoms with van der Waals surface area (Å²) in [5.74, 6) is 0. The molecule has 5 aliphatic rings. The zero-order valence-electron chi connectivity index (χ0n) is 52.6. The lowest BCUT2D eigenvalue weighted by Crippen LogP contribution is -2.61. The Labute approximate surface area is 546 Å². The summed E-state index contributed by atoms with van der Waals surface area (Å²) < 4.78 is 2.61. The minimum absolute atomic E-state index is 0.163. The summed E-state index contributed by atoms with van der Waals surface area (Å²) in [6.45, 7) is 9.52. The second-order valence-corrected chi connectivity index (χ2v) is 27.9. The van der Waals surface area contributed by atoms with Gasteiger partial charge in [0, 0.05) is 55.7 Å². The van der Waals surface area contributed by atoms with Crippen LogP contribution >= 0.6 is 0 Å². The van der Waals surface area contributed by atoms with Crippen molar-refractivity contribution in [2.24, 2.45) is 0 Å². The van der Waals surface area contributed by atoms with E-state index in [9.17, 15) is 0 Å². The molecule has 0 fully saturated rings. The van der Waals surface area contributed by atoms with Crippen molar-refractivity contribution < 1.29 is 0 Å². The molecule has 15 aromatic carbocycles. The molecule has 0 N–H and O–H groups in total. The lowest BCUT2D eigenvalue weighted by atomic mass is 9.33.